The van der Waals surface area contributed by atoms with E-state index in [1.54, 1.807) is 0 Å². The summed E-state index contributed by atoms with van der Waals surface area (Å²) in [5.41, 5.74) is 0. The normalized spacial score (nSPS) is 5.27. The smallest absolute Gasteiger partial charge is 0.759 e. The zero-order chi connectivity index (χ0) is 4.50. The van der Waals surface area contributed by atoms with Crippen LogP contribution >= 0.6 is 0 Å². The fourth-order valence-corrected chi connectivity index (χ4v) is 0. The first kappa shape index (κ1) is 66.2. The quantitative estimate of drug-likeness (QED) is 0.221. The minimum atomic E-state index is -5.17. The number of hydrogen-bond donors (Lipinski definition) is 4. The minimum Gasteiger partial charge on any atom is -0.759 e. The summed E-state index contributed by atoms with van der Waals surface area (Å²) in [6.07, 6.45) is 0. The summed E-state index contributed by atoms with van der Waals surface area (Å²) >= 11 is 0. The number of rotatable bonds is 0. The SMILES string of the molecule is N.N.N.N.O.O=S(=O)([O-])[O-].[Cu+2]. The molecule has 0 aliphatic carbocycles. The van der Waals surface area contributed by atoms with Gasteiger partial charge in [0.2, 0.25) is 0 Å². The van der Waals surface area contributed by atoms with Crippen molar-refractivity contribution in [3.05, 3.63) is 0 Å². The number of hydrogen-bond acceptors (Lipinski definition) is 8. The summed E-state index contributed by atoms with van der Waals surface area (Å²) in [7, 11) is -5.17. The molecule has 0 aromatic heterocycles. The van der Waals surface area contributed by atoms with Gasteiger partial charge in [0.25, 0.3) is 0 Å². The van der Waals surface area contributed by atoms with Gasteiger partial charge in [-0.3, -0.25) is 8.42 Å². The van der Waals surface area contributed by atoms with Gasteiger partial charge in [0.15, 0.2) is 0 Å². The van der Waals surface area contributed by atoms with E-state index in [0.29, 0.717) is 0 Å². The van der Waals surface area contributed by atoms with Crippen molar-refractivity contribution in [2.75, 3.05) is 0 Å². The third-order valence-corrected chi connectivity index (χ3v) is 0. The monoisotopic (exact) mass is 245 g/mol. The van der Waals surface area contributed by atoms with Crippen molar-refractivity contribution >= 4 is 10.4 Å². The van der Waals surface area contributed by atoms with E-state index in [4.69, 9.17) is 17.5 Å². The average molecular weight is 246 g/mol. The van der Waals surface area contributed by atoms with Crippen molar-refractivity contribution in [2.24, 2.45) is 0 Å². The average Bonchev–Trinajstić information content (AvgIpc) is 0.722. The van der Waals surface area contributed by atoms with E-state index in [9.17, 15) is 0 Å². The van der Waals surface area contributed by atoms with Crippen LogP contribution in [0.5, 0.6) is 0 Å². The van der Waals surface area contributed by atoms with Gasteiger partial charge in [0, 0.05) is 10.4 Å². The molecule has 11 heteroatoms. The van der Waals surface area contributed by atoms with Crippen molar-refractivity contribution in [2.45, 2.75) is 0 Å². The topological polar surface area (TPSA) is 252 Å². The summed E-state index contributed by atoms with van der Waals surface area (Å²) in [6, 6.07) is 0. The summed E-state index contributed by atoms with van der Waals surface area (Å²) in [6.45, 7) is 0. The summed E-state index contributed by atoms with van der Waals surface area (Å²) in [4.78, 5) is 0. The van der Waals surface area contributed by atoms with Gasteiger partial charge >= 0.3 is 17.1 Å². The van der Waals surface area contributed by atoms with Crippen molar-refractivity contribution in [1.29, 1.82) is 0 Å². The van der Waals surface area contributed by atoms with E-state index in [0.717, 1.165) is 0 Å². The van der Waals surface area contributed by atoms with Gasteiger partial charge in [-0.2, -0.15) is 0 Å². The van der Waals surface area contributed by atoms with Crippen molar-refractivity contribution in [3.8, 4) is 0 Å². The molecular weight excluding hydrogens is 232 g/mol. The fourth-order valence-electron chi connectivity index (χ4n) is 0. The molecule has 0 bridgehead atoms. The van der Waals surface area contributed by atoms with Crippen LogP contribution < -0.4 is 24.6 Å². The van der Waals surface area contributed by atoms with Crippen LogP contribution in [-0.2, 0) is 27.5 Å². The van der Waals surface area contributed by atoms with E-state index in [1.165, 1.54) is 0 Å². The maximum absolute atomic E-state index is 8.52. The van der Waals surface area contributed by atoms with Gasteiger partial charge in [-0.05, 0) is 0 Å². The molecule has 0 aliphatic rings. The van der Waals surface area contributed by atoms with E-state index in [-0.39, 0.29) is 47.1 Å². The third-order valence-electron chi connectivity index (χ3n) is 0. The molecule has 0 aromatic carbocycles. The second kappa shape index (κ2) is 22.5. The maximum Gasteiger partial charge on any atom is 2.00 e. The molecule has 0 saturated carbocycles. The molecule has 0 aromatic rings. The Hall–Kier alpha value is 0.189. The second-order valence-corrected chi connectivity index (χ2v) is 1.22. The Morgan fingerprint density at radius 1 is 0.818 bits per heavy atom. The van der Waals surface area contributed by atoms with Gasteiger partial charge in [-0.25, -0.2) is 0 Å². The Bertz CT molecular complexity index is 102. The van der Waals surface area contributed by atoms with Crippen LogP contribution in [0.3, 0.4) is 0 Å². The molecule has 0 atom stereocenters. The van der Waals surface area contributed by atoms with E-state index < -0.39 is 10.4 Å². The van der Waals surface area contributed by atoms with Crippen molar-refractivity contribution < 1.29 is 40.1 Å². The minimum absolute atomic E-state index is 0. The molecule has 0 fully saturated rings. The van der Waals surface area contributed by atoms with Gasteiger partial charge in [0.1, 0.15) is 0 Å². The maximum atomic E-state index is 8.52. The first-order valence-electron chi connectivity index (χ1n) is 0.667. The van der Waals surface area contributed by atoms with Crippen LogP contribution in [0, 0.1) is 0 Å². The predicted octanol–water partition coefficient (Wildman–Crippen LogP) is -1.52. The molecule has 0 amide bonds. The Kier molecular flexibility index (Phi) is 135. The Labute approximate surface area is 75.6 Å². The molecule has 1 radical (unpaired) electrons. The molecule has 0 aliphatic heterocycles. The van der Waals surface area contributed by atoms with Crippen LogP contribution in [0.1, 0.15) is 0 Å². The first-order chi connectivity index (χ1) is 2.00. The Morgan fingerprint density at radius 3 is 0.818 bits per heavy atom. The zero-order valence-corrected chi connectivity index (χ0v) is 7.43. The fraction of sp³-hybridized carbons (Fsp3) is 0. The molecule has 81 valence electrons. The molecule has 9 nitrogen and oxygen atoms in total. The van der Waals surface area contributed by atoms with Crippen LogP contribution in [0.4, 0.5) is 0 Å². The first-order valence-corrected chi connectivity index (χ1v) is 2.00. The van der Waals surface area contributed by atoms with E-state index in [2.05, 4.69) is 0 Å². The van der Waals surface area contributed by atoms with Crippen LogP contribution in [0.2, 0.25) is 0 Å². The molecule has 0 spiro atoms. The molecular formula is H14CuN4O5S. The second-order valence-electron chi connectivity index (χ2n) is 0.408. The molecule has 0 unspecified atom stereocenters. The van der Waals surface area contributed by atoms with Crippen molar-refractivity contribution in [3.63, 3.8) is 0 Å². The van der Waals surface area contributed by atoms with Crippen LogP contribution in [-0.4, -0.2) is 23.0 Å². The molecule has 0 saturated heterocycles. The standard InChI is InChI=1S/Cu.4H3N.H2O4S.H2O/c;;;;;1-5(2,3)4;/h;4*1H3;(H2,1,2,3,4);1H2/q+2;;;;;;/p-2. The molecule has 0 heterocycles. The molecule has 14 N–H and O–H groups in total. The van der Waals surface area contributed by atoms with Gasteiger partial charge in [0.05, 0.1) is 0 Å². The Balaban J connectivity index is -0.00000000533. The summed E-state index contributed by atoms with van der Waals surface area (Å²) < 4.78 is 34.1. The van der Waals surface area contributed by atoms with E-state index >= 15 is 0 Å². The van der Waals surface area contributed by atoms with Gasteiger partial charge in [-0.15, -0.1) is 0 Å². The van der Waals surface area contributed by atoms with Gasteiger partial charge in [-0.1, -0.05) is 0 Å². The summed E-state index contributed by atoms with van der Waals surface area (Å²) in [5.74, 6) is 0. The van der Waals surface area contributed by atoms with Crippen LogP contribution in [0.25, 0.3) is 0 Å². The third kappa shape index (κ3) is 19000. The predicted molar refractivity (Wildman–Crippen MR) is 34.2 cm³/mol. The zero-order valence-electron chi connectivity index (χ0n) is 5.67. The Morgan fingerprint density at radius 2 is 0.818 bits per heavy atom. The van der Waals surface area contributed by atoms with Crippen LogP contribution in [0.15, 0.2) is 0 Å². The summed E-state index contributed by atoms with van der Waals surface area (Å²) in [5, 5.41) is 0. The molecule has 11 heavy (non-hydrogen) atoms. The van der Waals surface area contributed by atoms with E-state index in [1.807, 2.05) is 0 Å². The largest absolute Gasteiger partial charge is 2.00 e. The molecule has 0 rings (SSSR count). The van der Waals surface area contributed by atoms with Crippen molar-refractivity contribution in [1.82, 2.24) is 24.6 Å². The van der Waals surface area contributed by atoms with Gasteiger partial charge < -0.3 is 39.2 Å².